The van der Waals surface area contributed by atoms with Gasteiger partial charge in [0.1, 0.15) is 0 Å². The van der Waals surface area contributed by atoms with Gasteiger partial charge in [0.15, 0.2) is 0 Å². The molecule has 2 aliphatic rings. The van der Waals surface area contributed by atoms with Crippen LogP contribution < -0.4 is 15.5 Å². The minimum atomic E-state index is -0.402. The summed E-state index contributed by atoms with van der Waals surface area (Å²) in [6, 6.07) is 8.92. The zero-order valence-corrected chi connectivity index (χ0v) is 12.8. The largest absolute Gasteiger partial charge is 0.328 e. The van der Waals surface area contributed by atoms with Crippen LogP contribution in [0.2, 0.25) is 0 Å². The molecule has 1 aromatic carbocycles. The van der Waals surface area contributed by atoms with Gasteiger partial charge in [-0.25, -0.2) is 4.79 Å². The van der Waals surface area contributed by atoms with E-state index in [1.165, 1.54) is 4.90 Å². The second-order valence-corrected chi connectivity index (χ2v) is 5.48. The van der Waals surface area contributed by atoms with Gasteiger partial charge in [0, 0.05) is 45.2 Å². The number of carbonyl (C=O) groups excluding carboxylic acids is 2. The van der Waals surface area contributed by atoms with E-state index in [1.54, 1.807) is 12.1 Å². The van der Waals surface area contributed by atoms with E-state index in [2.05, 4.69) is 39.5 Å². The number of imide groups is 1. The number of hydrogen-bond acceptors (Lipinski definition) is 4. The van der Waals surface area contributed by atoms with Crippen molar-refractivity contribution in [3.05, 3.63) is 29.8 Å². The smallest absolute Gasteiger partial charge is 0.314 e. The van der Waals surface area contributed by atoms with Gasteiger partial charge in [-0.15, -0.1) is 0 Å². The zero-order chi connectivity index (χ0) is 16.1. The number of amides is 3. The van der Waals surface area contributed by atoms with E-state index in [0.29, 0.717) is 24.2 Å². The van der Waals surface area contributed by atoms with E-state index in [0.717, 1.165) is 32.7 Å². The first kappa shape index (κ1) is 15.4. The quantitative estimate of drug-likeness (QED) is 0.754. The van der Waals surface area contributed by atoms with Crippen molar-refractivity contribution in [2.75, 3.05) is 44.2 Å². The molecule has 23 heavy (non-hydrogen) atoms. The number of rotatable bonds is 2. The Morgan fingerprint density at radius 3 is 2.83 bits per heavy atom. The van der Waals surface area contributed by atoms with E-state index in [1.807, 2.05) is 0 Å². The summed E-state index contributed by atoms with van der Waals surface area (Å²) >= 11 is 0. The fourth-order valence-corrected chi connectivity index (χ4v) is 2.56. The van der Waals surface area contributed by atoms with Crippen molar-refractivity contribution in [1.29, 1.82) is 0 Å². The summed E-state index contributed by atoms with van der Waals surface area (Å²) in [7, 11) is 0. The van der Waals surface area contributed by atoms with E-state index in [-0.39, 0.29) is 5.91 Å². The molecule has 0 atom stereocenters. The van der Waals surface area contributed by atoms with Crippen LogP contribution >= 0.6 is 0 Å². The lowest BCUT2D eigenvalue weighted by Crippen LogP contribution is -2.49. The molecule has 0 saturated carbocycles. The Balaban J connectivity index is 1.65. The molecule has 0 bridgehead atoms. The molecule has 6 nitrogen and oxygen atoms in total. The minimum absolute atomic E-state index is 0.242. The highest BCUT2D eigenvalue weighted by atomic mass is 16.2. The molecule has 0 radical (unpaired) electrons. The van der Waals surface area contributed by atoms with Gasteiger partial charge in [0.25, 0.3) is 0 Å². The number of nitrogens with one attached hydrogen (secondary N) is 2. The van der Waals surface area contributed by atoms with Gasteiger partial charge in [0.05, 0.1) is 17.8 Å². The molecule has 2 aliphatic heterocycles. The Labute approximate surface area is 135 Å². The first-order valence-electron chi connectivity index (χ1n) is 7.69. The number of nitrogens with zero attached hydrogens (tertiary/aromatic N) is 2. The minimum Gasteiger partial charge on any atom is -0.314 e. The fourth-order valence-electron chi connectivity index (χ4n) is 2.56. The lowest BCUT2D eigenvalue weighted by molar-refractivity contribution is -0.120. The van der Waals surface area contributed by atoms with E-state index >= 15 is 0 Å². The highest BCUT2D eigenvalue weighted by Gasteiger charge is 2.24. The average Bonchev–Trinajstić information content (AvgIpc) is 2.56. The van der Waals surface area contributed by atoms with Gasteiger partial charge in [-0.1, -0.05) is 24.0 Å². The highest BCUT2D eigenvalue weighted by molar-refractivity contribution is 6.05. The number of urea groups is 1. The predicted molar refractivity (Wildman–Crippen MR) is 85.8 cm³/mol. The number of anilines is 1. The second-order valence-electron chi connectivity index (χ2n) is 5.48. The van der Waals surface area contributed by atoms with Crippen molar-refractivity contribution >= 4 is 17.6 Å². The van der Waals surface area contributed by atoms with Gasteiger partial charge in [-0.2, -0.15) is 0 Å². The van der Waals surface area contributed by atoms with Crippen molar-refractivity contribution in [3.63, 3.8) is 0 Å². The summed E-state index contributed by atoms with van der Waals surface area (Å²) in [5.41, 5.74) is 1.38. The SMILES string of the molecule is O=C1CCN(c2cc#cc(C#CCN3CCNCC3)c2)C(=O)N1. The van der Waals surface area contributed by atoms with Crippen molar-refractivity contribution in [2.24, 2.45) is 0 Å². The van der Waals surface area contributed by atoms with E-state index in [9.17, 15) is 9.59 Å². The lowest BCUT2D eigenvalue weighted by atomic mass is 10.2. The van der Waals surface area contributed by atoms with Crippen LogP contribution in [-0.4, -0.2) is 56.1 Å². The molecule has 1 aromatic rings. The number of hydrogen-bond donors (Lipinski definition) is 2. The number of carbonyl (C=O) groups is 2. The predicted octanol–water partition coefficient (Wildman–Crippen LogP) is -0.0100. The molecule has 0 unspecified atom stereocenters. The molecule has 2 saturated heterocycles. The molecule has 118 valence electrons. The molecule has 3 rings (SSSR count). The highest BCUT2D eigenvalue weighted by Crippen LogP contribution is 2.16. The molecule has 3 amide bonds. The Morgan fingerprint density at radius 1 is 1.22 bits per heavy atom. The second kappa shape index (κ2) is 7.15. The average molecular weight is 310 g/mol. The molecular formula is C17H18N4O2. The Morgan fingerprint density at radius 2 is 2.04 bits per heavy atom. The standard InChI is InChI=1S/C17H18N4O2/c22-16-6-10-21(17(23)19-16)15-5-1-3-14(13-15)4-2-9-20-11-7-18-8-12-20/h5,13,18H,6-12H2,(H,19,22,23). The molecule has 6 heteroatoms. The van der Waals surface area contributed by atoms with Gasteiger partial charge >= 0.3 is 6.03 Å². The van der Waals surface area contributed by atoms with Crippen molar-refractivity contribution in [3.8, 4) is 11.8 Å². The first-order chi connectivity index (χ1) is 11.2. The summed E-state index contributed by atoms with van der Waals surface area (Å²) in [6.07, 6.45) is 0.300. The van der Waals surface area contributed by atoms with Crippen molar-refractivity contribution in [1.82, 2.24) is 15.5 Å². The summed E-state index contributed by atoms with van der Waals surface area (Å²) in [5.74, 6) is 5.97. The molecule has 0 aliphatic carbocycles. The van der Waals surface area contributed by atoms with Crippen LogP contribution in [0.1, 0.15) is 12.0 Å². The maximum atomic E-state index is 11.9. The van der Waals surface area contributed by atoms with Gasteiger partial charge in [0.2, 0.25) is 5.91 Å². The Hall–Kier alpha value is -2.54. The Bertz CT molecular complexity index is 656. The van der Waals surface area contributed by atoms with Gasteiger partial charge < -0.3 is 5.32 Å². The lowest BCUT2D eigenvalue weighted by Gasteiger charge is -2.26. The van der Waals surface area contributed by atoms with Crippen LogP contribution in [-0.2, 0) is 4.79 Å². The molecule has 2 N–H and O–H groups in total. The fraction of sp³-hybridized carbons (Fsp3) is 0.412. The molecule has 2 fully saturated rings. The third kappa shape index (κ3) is 4.01. The van der Waals surface area contributed by atoms with Crippen LogP contribution in [0.15, 0.2) is 12.1 Å². The van der Waals surface area contributed by atoms with Crippen LogP contribution in [0.5, 0.6) is 0 Å². The maximum Gasteiger partial charge on any atom is 0.328 e. The normalized spacial score (nSPS) is 18.7. The third-order valence-electron chi connectivity index (χ3n) is 3.82. The summed E-state index contributed by atoms with van der Waals surface area (Å²) in [6.45, 7) is 5.10. The van der Waals surface area contributed by atoms with Crippen LogP contribution in [0.4, 0.5) is 10.5 Å². The molecule has 0 aromatic heterocycles. The summed E-state index contributed by atoms with van der Waals surface area (Å²) < 4.78 is 0. The van der Waals surface area contributed by atoms with E-state index in [4.69, 9.17) is 0 Å². The molecule has 2 heterocycles. The van der Waals surface area contributed by atoms with Crippen LogP contribution in [0.25, 0.3) is 0 Å². The molecule has 0 spiro atoms. The monoisotopic (exact) mass is 310 g/mol. The van der Waals surface area contributed by atoms with Gasteiger partial charge in [-0.05, 0) is 6.07 Å². The third-order valence-corrected chi connectivity index (χ3v) is 3.82. The van der Waals surface area contributed by atoms with Crippen molar-refractivity contribution < 1.29 is 9.59 Å². The topological polar surface area (TPSA) is 64.7 Å². The Kier molecular flexibility index (Phi) is 4.77. The van der Waals surface area contributed by atoms with E-state index < -0.39 is 6.03 Å². The molecular weight excluding hydrogens is 292 g/mol. The summed E-state index contributed by atoms with van der Waals surface area (Å²) in [4.78, 5) is 26.9. The first-order valence-corrected chi connectivity index (χ1v) is 7.69. The maximum absolute atomic E-state index is 11.9. The van der Waals surface area contributed by atoms with Crippen LogP contribution in [0, 0.1) is 24.0 Å². The zero-order valence-electron chi connectivity index (χ0n) is 12.8. The number of piperazine rings is 1. The van der Waals surface area contributed by atoms with Gasteiger partial charge in [-0.3, -0.25) is 19.9 Å². The summed E-state index contributed by atoms with van der Waals surface area (Å²) in [5, 5.41) is 5.61. The van der Waals surface area contributed by atoms with Crippen LogP contribution in [0.3, 0.4) is 0 Å². The van der Waals surface area contributed by atoms with Crippen molar-refractivity contribution in [2.45, 2.75) is 6.42 Å².